The zero-order valence-corrected chi connectivity index (χ0v) is 33.6. The van der Waals surface area contributed by atoms with Crippen LogP contribution in [0.2, 0.25) is 0 Å². The number of anilines is 3. The number of nitrogens with zero attached hydrogens (tertiary/aromatic N) is 1. The summed E-state index contributed by atoms with van der Waals surface area (Å²) in [5.41, 5.74) is 17.3. The largest absolute Gasteiger partial charge is 0.310 e. The Morgan fingerprint density at radius 2 is 1.21 bits per heavy atom. The minimum atomic E-state index is -0.204. The average Bonchev–Trinajstić information content (AvgIpc) is 3.97. The Labute approximate surface area is 339 Å². The van der Waals surface area contributed by atoms with Gasteiger partial charge in [0, 0.05) is 22.2 Å². The summed E-state index contributed by atoms with van der Waals surface area (Å²) in [5.74, 6) is 3.15. The fourth-order valence-electron chi connectivity index (χ4n) is 12.1. The van der Waals surface area contributed by atoms with Gasteiger partial charge in [0.15, 0.2) is 0 Å². The van der Waals surface area contributed by atoms with Crippen LogP contribution in [0, 0.1) is 11.8 Å². The summed E-state index contributed by atoms with van der Waals surface area (Å²) in [6.07, 6.45) is 12.3. The summed E-state index contributed by atoms with van der Waals surface area (Å²) < 4.78 is 0. The number of fused-ring (bicyclic) bond motifs is 6. The van der Waals surface area contributed by atoms with E-state index in [2.05, 4.69) is 170 Å². The van der Waals surface area contributed by atoms with Crippen LogP contribution in [0.15, 0.2) is 152 Å². The molecule has 1 heteroatoms. The van der Waals surface area contributed by atoms with Crippen molar-refractivity contribution in [2.45, 2.75) is 88.9 Å². The van der Waals surface area contributed by atoms with Gasteiger partial charge in [0.25, 0.3) is 0 Å². The van der Waals surface area contributed by atoms with Gasteiger partial charge in [0.2, 0.25) is 0 Å². The maximum absolute atomic E-state index is 2.60. The molecule has 7 aromatic rings. The minimum absolute atomic E-state index is 0.204. The van der Waals surface area contributed by atoms with Crippen LogP contribution in [0.5, 0.6) is 0 Å². The van der Waals surface area contributed by atoms with Crippen molar-refractivity contribution in [1.82, 2.24) is 0 Å². The summed E-state index contributed by atoms with van der Waals surface area (Å²) in [4.78, 5) is 2.60. The molecule has 3 unspecified atom stereocenters. The number of hydrogen-bond donors (Lipinski definition) is 0. The summed E-state index contributed by atoms with van der Waals surface area (Å²) in [7, 11) is 0. The van der Waals surface area contributed by atoms with E-state index in [1.807, 2.05) is 0 Å². The van der Waals surface area contributed by atoms with E-state index in [1.165, 1.54) is 136 Å². The van der Waals surface area contributed by atoms with E-state index in [1.54, 1.807) is 5.56 Å². The zero-order valence-electron chi connectivity index (χ0n) is 33.6. The van der Waals surface area contributed by atoms with Gasteiger partial charge in [-0.15, -0.1) is 0 Å². The summed E-state index contributed by atoms with van der Waals surface area (Å²) >= 11 is 0. The molecule has 0 amide bonds. The Morgan fingerprint density at radius 3 is 1.96 bits per heavy atom. The fourth-order valence-corrected chi connectivity index (χ4v) is 12.1. The van der Waals surface area contributed by atoms with Gasteiger partial charge in [0.1, 0.15) is 0 Å². The fraction of sp³-hybridized carbons (Fsp3) is 0.286. The number of rotatable bonds is 7. The van der Waals surface area contributed by atoms with Crippen LogP contribution in [0.4, 0.5) is 17.1 Å². The highest BCUT2D eigenvalue weighted by Crippen LogP contribution is 2.56. The molecular formula is C56H53N. The Bertz CT molecular complexity index is 2600. The first-order valence-corrected chi connectivity index (χ1v) is 21.9. The Hall–Kier alpha value is -5.40. The first-order chi connectivity index (χ1) is 28.0. The van der Waals surface area contributed by atoms with Crippen LogP contribution < -0.4 is 4.90 Å². The van der Waals surface area contributed by atoms with Crippen molar-refractivity contribution in [3.63, 3.8) is 0 Å². The molecule has 2 bridgehead atoms. The Morgan fingerprint density at radius 1 is 0.526 bits per heavy atom. The molecule has 0 radical (unpaired) electrons. The van der Waals surface area contributed by atoms with Crippen molar-refractivity contribution in [3.8, 4) is 33.4 Å². The van der Waals surface area contributed by atoms with E-state index in [9.17, 15) is 0 Å². The van der Waals surface area contributed by atoms with Crippen molar-refractivity contribution in [1.29, 1.82) is 0 Å². The molecule has 0 heterocycles. The van der Waals surface area contributed by atoms with Crippen molar-refractivity contribution in [2.75, 3.05) is 4.90 Å². The van der Waals surface area contributed by atoms with Gasteiger partial charge >= 0.3 is 0 Å². The summed E-state index contributed by atoms with van der Waals surface area (Å²) in [6.45, 7) is 4.90. The van der Waals surface area contributed by atoms with Gasteiger partial charge < -0.3 is 4.90 Å². The van der Waals surface area contributed by atoms with Gasteiger partial charge in [-0.1, -0.05) is 161 Å². The second kappa shape index (κ2) is 13.9. The van der Waals surface area contributed by atoms with E-state index in [0.29, 0.717) is 5.92 Å². The molecular weight excluding hydrogens is 687 g/mol. The molecule has 7 aromatic carbocycles. The molecule has 0 N–H and O–H groups in total. The van der Waals surface area contributed by atoms with Crippen molar-refractivity contribution in [2.24, 2.45) is 11.8 Å². The van der Waals surface area contributed by atoms with Gasteiger partial charge in [-0.3, -0.25) is 0 Å². The molecule has 4 aliphatic carbocycles. The Kier molecular flexibility index (Phi) is 8.50. The standard InChI is InChI=1S/C56H53N/c1-56(2)52-36-44(32-33-48(52)50-24-13-23-49(55(50)56)47-21-10-9-20-45(47)38-14-5-3-6-15-38)57(43-30-28-40(29-31-43)51-35-37-26-27-42(51)34-37)53-25-12-19-41-18-11-22-46(54(41)53)39-16-7-4-8-17-39/h3,5-6,9-15,18-25,28-33,36-37,39,42,51H,4,7-8,16-17,26-27,34-35H2,1-2H3. The second-order valence-corrected chi connectivity index (χ2v) is 18.3. The predicted octanol–water partition coefficient (Wildman–Crippen LogP) is 15.9. The van der Waals surface area contributed by atoms with E-state index >= 15 is 0 Å². The van der Waals surface area contributed by atoms with E-state index in [-0.39, 0.29) is 5.41 Å². The lowest BCUT2D eigenvalue weighted by molar-refractivity contribution is 0.420. The Balaban J connectivity index is 1.07. The third-order valence-electron chi connectivity index (χ3n) is 14.7. The molecule has 1 nitrogen and oxygen atoms in total. The summed E-state index contributed by atoms with van der Waals surface area (Å²) in [6, 6.07) is 58.1. The molecule has 282 valence electrons. The monoisotopic (exact) mass is 739 g/mol. The highest BCUT2D eigenvalue weighted by molar-refractivity contribution is 6.02. The van der Waals surface area contributed by atoms with Crippen LogP contribution in [-0.2, 0) is 5.41 Å². The van der Waals surface area contributed by atoms with Crippen molar-refractivity contribution < 1.29 is 0 Å². The lowest BCUT2D eigenvalue weighted by atomic mass is 9.77. The lowest BCUT2D eigenvalue weighted by Crippen LogP contribution is -2.18. The van der Waals surface area contributed by atoms with Crippen LogP contribution in [0.3, 0.4) is 0 Å². The number of benzene rings is 7. The van der Waals surface area contributed by atoms with Gasteiger partial charge in [-0.05, 0) is 147 Å². The first kappa shape index (κ1) is 34.8. The van der Waals surface area contributed by atoms with Crippen molar-refractivity contribution >= 4 is 27.8 Å². The second-order valence-electron chi connectivity index (χ2n) is 18.3. The maximum atomic E-state index is 2.60. The van der Waals surface area contributed by atoms with Gasteiger partial charge in [-0.2, -0.15) is 0 Å². The molecule has 3 saturated carbocycles. The first-order valence-electron chi connectivity index (χ1n) is 21.9. The van der Waals surface area contributed by atoms with Gasteiger partial charge in [0.05, 0.1) is 5.69 Å². The van der Waals surface area contributed by atoms with E-state index in [0.717, 1.165) is 17.8 Å². The normalized spacial score (nSPS) is 20.8. The van der Waals surface area contributed by atoms with E-state index < -0.39 is 0 Å². The molecule has 3 atom stereocenters. The van der Waals surface area contributed by atoms with E-state index in [4.69, 9.17) is 0 Å². The van der Waals surface area contributed by atoms with Crippen molar-refractivity contribution in [3.05, 3.63) is 174 Å². The quantitative estimate of drug-likeness (QED) is 0.157. The third-order valence-corrected chi connectivity index (χ3v) is 14.7. The highest BCUT2D eigenvalue weighted by atomic mass is 15.1. The molecule has 4 aliphatic rings. The molecule has 0 aliphatic heterocycles. The zero-order chi connectivity index (χ0) is 38.1. The van der Waals surface area contributed by atoms with Crippen LogP contribution in [0.25, 0.3) is 44.2 Å². The molecule has 0 aromatic heterocycles. The summed E-state index contributed by atoms with van der Waals surface area (Å²) in [5, 5.41) is 2.77. The molecule has 3 fully saturated rings. The molecule has 57 heavy (non-hydrogen) atoms. The van der Waals surface area contributed by atoms with Gasteiger partial charge in [-0.25, -0.2) is 0 Å². The molecule has 0 spiro atoms. The van der Waals surface area contributed by atoms with Crippen LogP contribution in [-0.4, -0.2) is 0 Å². The van der Waals surface area contributed by atoms with Crippen LogP contribution >= 0.6 is 0 Å². The molecule has 0 saturated heterocycles. The maximum Gasteiger partial charge on any atom is 0.0542 e. The predicted molar refractivity (Wildman–Crippen MR) is 241 cm³/mol. The highest BCUT2D eigenvalue weighted by Gasteiger charge is 2.41. The number of hydrogen-bond acceptors (Lipinski definition) is 1. The lowest BCUT2D eigenvalue weighted by Gasteiger charge is -2.31. The smallest absolute Gasteiger partial charge is 0.0542 e. The average molecular weight is 740 g/mol. The third kappa shape index (κ3) is 5.80. The minimum Gasteiger partial charge on any atom is -0.310 e. The van der Waals surface area contributed by atoms with Crippen LogP contribution in [0.1, 0.15) is 106 Å². The topological polar surface area (TPSA) is 3.24 Å². The SMILES string of the molecule is CC1(C)c2cc(N(c3ccc(C4CC5CCC4C5)cc3)c3cccc4cccc(C5CCCCC5)c34)ccc2-c2cccc(-c3ccccc3-c3ccccc3)c21. The molecule has 11 rings (SSSR count).